The summed E-state index contributed by atoms with van der Waals surface area (Å²) in [4.78, 5) is 74.9. The Kier molecular flexibility index (Phi) is 28.1. The maximum absolute atomic E-state index is 13.7. The molecule has 29 heteroatoms. The Balaban J connectivity index is 0.000000137. The lowest BCUT2D eigenvalue weighted by Crippen LogP contribution is -2.47. The van der Waals surface area contributed by atoms with E-state index in [1.807, 2.05) is 102 Å². The van der Waals surface area contributed by atoms with Gasteiger partial charge in [0.1, 0.15) is 64.1 Å². The van der Waals surface area contributed by atoms with Crippen molar-refractivity contribution >= 4 is 111 Å². The first-order valence-electron chi connectivity index (χ1n) is 41.1. The summed E-state index contributed by atoms with van der Waals surface area (Å²) >= 11 is 0. The molecule has 0 spiro atoms. The van der Waals surface area contributed by atoms with Crippen LogP contribution in [0.5, 0.6) is 11.5 Å². The zero-order valence-electron chi connectivity index (χ0n) is 69.8. The van der Waals surface area contributed by atoms with E-state index < -0.39 is 9.84 Å². The highest BCUT2D eigenvalue weighted by atomic mass is 32.2. The molecule has 0 saturated carbocycles. The third kappa shape index (κ3) is 22.3. The Bertz CT molecular complexity index is 6450. The second kappa shape index (κ2) is 40.1. The van der Waals surface area contributed by atoms with E-state index in [0.29, 0.717) is 139 Å². The highest BCUT2D eigenvalue weighted by Gasteiger charge is 2.26. The minimum Gasteiger partial charge on any atom is -0.497 e. The minimum absolute atomic E-state index is 0.154. The first-order valence-corrected chi connectivity index (χ1v) is 42.9. The number of fused-ring (bicyclic) bond motifs is 4. The Morgan fingerprint density at radius 2 is 0.730 bits per heavy atom. The number of nitrogens with zero attached hydrogens (tertiary/aromatic N) is 7. The molecule has 4 aromatic heterocycles. The number of anilines is 6. The lowest BCUT2D eigenvalue weighted by molar-refractivity contribution is -0.0672. The third-order valence-corrected chi connectivity index (χ3v) is 23.7. The smallest absolute Gasteiger partial charge is 0.257 e. The van der Waals surface area contributed by atoms with E-state index in [2.05, 4.69) is 71.9 Å². The molecule has 0 bridgehead atoms. The average Bonchev–Trinajstić information content (AvgIpc) is 0.813. The number of aromatic nitrogens is 4. The van der Waals surface area contributed by atoms with E-state index in [-0.39, 0.29) is 76.7 Å². The van der Waals surface area contributed by atoms with Crippen LogP contribution in [0.15, 0.2) is 243 Å². The summed E-state index contributed by atoms with van der Waals surface area (Å²) in [6, 6.07) is 61.6. The number of carbonyl (C=O) groups is 4. The predicted molar refractivity (Wildman–Crippen MR) is 489 cm³/mol. The summed E-state index contributed by atoms with van der Waals surface area (Å²) < 4.78 is 94.4. The molecule has 4 amide bonds. The first kappa shape index (κ1) is 88.3. The molecule has 126 heavy (non-hydrogen) atoms. The van der Waals surface area contributed by atoms with E-state index in [0.717, 1.165) is 95.6 Å². The predicted octanol–water partition coefficient (Wildman–Crippen LogP) is 15.8. The Labute approximate surface area is 726 Å². The van der Waals surface area contributed by atoms with Crippen LogP contribution in [0.3, 0.4) is 0 Å². The van der Waals surface area contributed by atoms with Crippen molar-refractivity contribution in [2.45, 2.75) is 45.0 Å². The maximum atomic E-state index is 13.7. The summed E-state index contributed by atoms with van der Waals surface area (Å²) in [5, 5.41) is 16.9. The SMILES string of the molecule is CC1CN(CCNC(=O)c2cnc(N)c3cc(-c4cccc(F)c4)ccc23)CC(C)O1.CN1CCC(Oc2ccc(NC(=O)c3cnc(N)c4cc(-c5cccc(F)c5)ccc34)cc2)CC1.COc1ccc(NC(=O)c2cnc(N)c3cc(-c4cccc(F)c4)ccc23)cc1.Nc1ncc(C(=O)NCCN2CCS(=O)(=O)CC2)c2ccc(-c3cccc(F)c3)cc12. The Morgan fingerprint density at radius 1 is 0.413 bits per heavy atom. The highest BCUT2D eigenvalue weighted by Crippen LogP contribution is 2.36. The molecule has 3 aliphatic rings. The van der Waals surface area contributed by atoms with Gasteiger partial charge in [-0.2, -0.15) is 0 Å². The van der Waals surface area contributed by atoms with Crippen molar-refractivity contribution in [2.24, 2.45) is 0 Å². The summed E-state index contributed by atoms with van der Waals surface area (Å²) in [5.41, 5.74) is 33.4. The van der Waals surface area contributed by atoms with Crippen LogP contribution in [0.4, 0.5) is 52.2 Å². The van der Waals surface area contributed by atoms with Gasteiger partial charge in [0.05, 0.1) is 53.1 Å². The van der Waals surface area contributed by atoms with Crippen LogP contribution in [0, 0.1) is 23.3 Å². The second-order valence-corrected chi connectivity index (χ2v) is 33.4. The van der Waals surface area contributed by atoms with Crippen LogP contribution < -0.4 is 53.7 Å². The number of piperidine rings is 1. The van der Waals surface area contributed by atoms with Gasteiger partial charge >= 0.3 is 0 Å². The van der Waals surface area contributed by atoms with Gasteiger partial charge in [-0.1, -0.05) is 97.1 Å². The maximum Gasteiger partial charge on any atom is 0.257 e. The summed E-state index contributed by atoms with van der Waals surface area (Å²) in [6.07, 6.45) is 8.51. The number of likely N-dealkylation sites (tertiary alicyclic amines) is 1. The summed E-state index contributed by atoms with van der Waals surface area (Å²) in [7, 11) is 0.779. The van der Waals surface area contributed by atoms with Crippen molar-refractivity contribution in [1.29, 1.82) is 0 Å². The number of amides is 4. The number of morpholine rings is 1. The van der Waals surface area contributed by atoms with Gasteiger partial charge in [-0.05, 0) is 221 Å². The lowest BCUT2D eigenvalue weighted by Gasteiger charge is -2.35. The van der Waals surface area contributed by atoms with Crippen LogP contribution in [0.25, 0.3) is 87.6 Å². The molecule has 14 aromatic rings. The number of benzene rings is 10. The Morgan fingerprint density at radius 3 is 1.06 bits per heavy atom. The number of pyridine rings is 4. The molecule has 3 fully saturated rings. The molecular formula is C97H95F4N15O9S. The average molecular weight is 1720 g/mol. The van der Waals surface area contributed by atoms with Crippen LogP contribution in [0.1, 0.15) is 68.1 Å². The number of carbonyl (C=O) groups excluding carboxylic acids is 4. The van der Waals surface area contributed by atoms with Crippen LogP contribution in [-0.2, 0) is 14.6 Å². The number of hydrogen-bond acceptors (Lipinski definition) is 20. The number of rotatable bonds is 19. The monoisotopic (exact) mass is 1720 g/mol. The van der Waals surface area contributed by atoms with Gasteiger partial charge in [-0.3, -0.25) is 29.0 Å². The molecule has 12 N–H and O–H groups in total. The van der Waals surface area contributed by atoms with E-state index in [9.17, 15) is 45.2 Å². The number of sulfone groups is 1. The van der Waals surface area contributed by atoms with Crippen molar-refractivity contribution < 1.29 is 59.4 Å². The van der Waals surface area contributed by atoms with Gasteiger partial charge in [-0.15, -0.1) is 0 Å². The van der Waals surface area contributed by atoms with Crippen LogP contribution in [-0.4, -0.2) is 176 Å². The van der Waals surface area contributed by atoms with Crippen LogP contribution >= 0.6 is 0 Å². The number of nitrogens with one attached hydrogen (secondary N) is 4. The second-order valence-electron chi connectivity index (χ2n) is 31.1. The summed E-state index contributed by atoms with van der Waals surface area (Å²) in [5.74, 6) is 0.721. The fraction of sp³-hybridized carbons (Fsp3) is 0.216. The molecule has 17 rings (SSSR count). The molecule has 0 aliphatic carbocycles. The fourth-order valence-corrected chi connectivity index (χ4v) is 16.7. The largest absolute Gasteiger partial charge is 0.497 e. The molecule has 10 aromatic carbocycles. The zero-order chi connectivity index (χ0) is 88.7. The van der Waals surface area contributed by atoms with E-state index in [1.54, 1.807) is 79.9 Å². The van der Waals surface area contributed by atoms with Crippen LogP contribution in [0.2, 0.25) is 0 Å². The number of methoxy groups -OCH3 is 1. The van der Waals surface area contributed by atoms with E-state index >= 15 is 0 Å². The molecule has 646 valence electrons. The fourth-order valence-electron chi connectivity index (χ4n) is 15.4. The third-order valence-electron chi connectivity index (χ3n) is 22.1. The quantitative estimate of drug-likeness (QED) is 0.0349. The van der Waals surface area contributed by atoms with Gasteiger partial charge in [0.2, 0.25) is 0 Å². The molecule has 3 aliphatic heterocycles. The highest BCUT2D eigenvalue weighted by molar-refractivity contribution is 7.91. The van der Waals surface area contributed by atoms with Crippen molar-refractivity contribution in [3.05, 3.63) is 289 Å². The first-order chi connectivity index (χ1) is 60.7. The Hall–Kier alpha value is -14.0. The molecule has 0 radical (unpaired) electrons. The molecule has 7 heterocycles. The molecule has 24 nitrogen and oxygen atoms in total. The van der Waals surface area contributed by atoms with Gasteiger partial charge in [0.25, 0.3) is 23.6 Å². The molecule has 2 unspecified atom stereocenters. The normalized spacial score (nSPS) is 15.3. The standard InChI is InChI=1S/C28H27FN4O2.C24H27FN4O2.C23H18FN3O2.C22H23FN4O3S/c1-33-13-11-23(12-14-33)35-22-8-6-21(7-9-22)32-28(34)26-17-31-27(30)25-16-19(5-10-24(25)26)18-3-2-4-20(29)15-18;1-15-13-29(14-16(2)31-15)9-8-27-24(30)22-12-28-23(26)21-11-18(6-7-20(21)22)17-4-3-5-19(25)10-17;1-29-18-8-6-17(7-9-18)27-23(28)21-13-26-22(25)20-12-15(5-10-19(20)21)14-3-2-4-16(24)11-14;23-17-3-1-2-15(12-17)16-4-5-18-19(13-16)21(24)26-14-20(18)22(28)25-6-7-27-8-10-31(29,30)11-9-27/h2-10,15-17,23H,11-14H2,1H3,(H2,30,31)(H,32,34);3-7,10-12,15-16H,8-9,13-14H2,1-2H3,(H2,26,28)(H,27,30);2-13H,1H3,(H2,25,26)(H,27,28);1-5,12-14H,6-11H2,(H2,24,26)(H,25,28). The van der Waals surface area contributed by atoms with Gasteiger partial charge < -0.3 is 63.3 Å². The molecule has 3 saturated heterocycles. The summed E-state index contributed by atoms with van der Waals surface area (Å²) in [6.45, 7) is 11.1. The van der Waals surface area contributed by atoms with Crippen molar-refractivity contribution in [3.8, 4) is 56.0 Å². The zero-order valence-corrected chi connectivity index (χ0v) is 70.6. The van der Waals surface area contributed by atoms with Gasteiger partial charge in [0.15, 0.2) is 9.84 Å². The minimum atomic E-state index is -2.92. The van der Waals surface area contributed by atoms with E-state index in [4.69, 9.17) is 37.1 Å². The van der Waals surface area contributed by atoms with Gasteiger partial charge in [0, 0.05) is 123 Å². The number of nitrogen functional groups attached to an aromatic ring is 4. The van der Waals surface area contributed by atoms with Crippen molar-refractivity contribution in [1.82, 2.24) is 45.3 Å². The number of nitrogens with two attached hydrogens (primary N) is 4. The van der Waals surface area contributed by atoms with Crippen molar-refractivity contribution in [3.63, 3.8) is 0 Å². The lowest BCUT2D eigenvalue weighted by atomic mass is 9.99. The topological polar surface area (TPSA) is 344 Å². The van der Waals surface area contributed by atoms with E-state index in [1.165, 1.54) is 73.3 Å². The number of halogens is 4. The molecule has 2 atom stereocenters. The molecular weight excluding hydrogens is 1630 g/mol. The van der Waals surface area contributed by atoms with Crippen molar-refractivity contribution in [2.75, 3.05) is 125 Å². The number of hydrogen-bond donors (Lipinski definition) is 8. The number of ether oxygens (including phenoxy) is 3. The van der Waals surface area contributed by atoms with Gasteiger partial charge in [-0.25, -0.2) is 45.9 Å².